The number of methoxy groups -OCH3 is 1. The van der Waals surface area contributed by atoms with Crippen molar-refractivity contribution >= 4 is 17.4 Å². The zero-order valence-corrected chi connectivity index (χ0v) is 20.8. The van der Waals surface area contributed by atoms with E-state index in [-0.39, 0.29) is 36.1 Å². The van der Waals surface area contributed by atoms with Gasteiger partial charge in [0.2, 0.25) is 0 Å². The van der Waals surface area contributed by atoms with Crippen LogP contribution in [0.3, 0.4) is 0 Å². The highest BCUT2D eigenvalue weighted by Crippen LogP contribution is 2.42. The van der Waals surface area contributed by atoms with E-state index in [9.17, 15) is 19.1 Å². The van der Waals surface area contributed by atoms with Gasteiger partial charge in [0.1, 0.15) is 28.8 Å². The van der Waals surface area contributed by atoms with Gasteiger partial charge in [0, 0.05) is 6.54 Å². The Balaban J connectivity index is 1.82. The molecule has 0 saturated carbocycles. The van der Waals surface area contributed by atoms with E-state index in [2.05, 4.69) is 0 Å². The first kappa shape index (κ1) is 25.9. The number of Topliss-reactive ketones (excluding diaryl/α,β-unsaturated/α-hetero) is 1. The zero-order chi connectivity index (χ0) is 26.5. The zero-order valence-electron chi connectivity index (χ0n) is 20.8. The molecule has 0 radical (unpaired) electrons. The Labute approximate surface area is 214 Å². The van der Waals surface area contributed by atoms with Gasteiger partial charge in [-0.2, -0.15) is 0 Å². The molecule has 1 aliphatic heterocycles. The van der Waals surface area contributed by atoms with Crippen molar-refractivity contribution in [2.75, 3.05) is 20.3 Å². The minimum absolute atomic E-state index is 0.0272. The Kier molecular flexibility index (Phi) is 7.89. The van der Waals surface area contributed by atoms with E-state index in [4.69, 9.17) is 14.2 Å². The molecule has 1 amide bonds. The van der Waals surface area contributed by atoms with E-state index in [1.807, 2.05) is 32.0 Å². The Morgan fingerprint density at radius 1 is 1.00 bits per heavy atom. The van der Waals surface area contributed by atoms with Crippen molar-refractivity contribution in [3.8, 4) is 17.2 Å². The number of amides is 1. The van der Waals surface area contributed by atoms with Crippen LogP contribution in [-0.4, -0.2) is 48.1 Å². The van der Waals surface area contributed by atoms with Crippen molar-refractivity contribution in [3.63, 3.8) is 0 Å². The lowest BCUT2D eigenvalue weighted by molar-refractivity contribution is -0.140. The van der Waals surface area contributed by atoms with Crippen molar-refractivity contribution in [1.82, 2.24) is 4.90 Å². The average Bonchev–Trinajstić information content (AvgIpc) is 3.14. The van der Waals surface area contributed by atoms with Crippen LogP contribution < -0.4 is 9.47 Å². The van der Waals surface area contributed by atoms with Crippen LogP contribution >= 0.6 is 0 Å². The maximum atomic E-state index is 14.1. The summed E-state index contributed by atoms with van der Waals surface area (Å²) in [5.74, 6) is -1.57. The van der Waals surface area contributed by atoms with E-state index in [1.54, 1.807) is 36.4 Å². The largest absolute Gasteiger partial charge is 0.507 e. The molecule has 1 aliphatic rings. The molecule has 1 N–H and O–H groups in total. The lowest BCUT2D eigenvalue weighted by Crippen LogP contribution is -2.33. The topological polar surface area (TPSA) is 85.3 Å². The van der Waals surface area contributed by atoms with Crippen LogP contribution in [-0.2, 0) is 14.3 Å². The number of hydrogen-bond donors (Lipinski definition) is 1. The van der Waals surface area contributed by atoms with E-state index < -0.39 is 29.3 Å². The number of rotatable bonds is 9. The second kappa shape index (κ2) is 11.3. The molecule has 3 aromatic carbocycles. The molecule has 4 rings (SSSR count). The first-order chi connectivity index (χ1) is 17.8. The summed E-state index contributed by atoms with van der Waals surface area (Å²) in [5.41, 5.74) is 0.338. The number of carbonyl (C=O) groups excluding carboxylic acids is 2. The van der Waals surface area contributed by atoms with Gasteiger partial charge < -0.3 is 24.2 Å². The Hall–Kier alpha value is -4.17. The number of halogens is 1. The number of likely N-dealkylation sites (tertiary alicyclic amines) is 1. The molecule has 1 atom stereocenters. The molecule has 0 aliphatic carbocycles. The summed E-state index contributed by atoms with van der Waals surface area (Å²) < 4.78 is 31.0. The highest BCUT2D eigenvalue weighted by Gasteiger charge is 2.46. The smallest absolute Gasteiger partial charge is 0.295 e. The van der Waals surface area contributed by atoms with Gasteiger partial charge in [-0.15, -0.1) is 0 Å². The third-order valence-electron chi connectivity index (χ3n) is 5.89. The van der Waals surface area contributed by atoms with Gasteiger partial charge in [-0.1, -0.05) is 30.3 Å². The molecule has 8 heteroatoms. The molecule has 1 fully saturated rings. The summed E-state index contributed by atoms with van der Waals surface area (Å²) in [6.45, 7) is 4.03. The predicted molar refractivity (Wildman–Crippen MR) is 136 cm³/mol. The fourth-order valence-corrected chi connectivity index (χ4v) is 4.23. The van der Waals surface area contributed by atoms with Crippen molar-refractivity contribution in [1.29, 1.82) is 0 Å². The second-order valence-corrected chi connectivity index (χ2v) is 8.74. The summed E-state index contributed by atoms with van der Waals surface area (Å²) in [6, 6.07) is 18.7. The molecule has 0 aromatic heterocycles. The maximum Gasteiger partial charge on any atom is 0.295 e. The summed E-state index contributed by atoms with van der Waals surface area (Å²) >= 11 is 0. The van der Waals surface area contributed by atoms with Gasteiger partial charge >= 0.3 is 0 Å². The number of aliphatic hydroxyl groups is 1. The Morgan fingerprint density at radius 3 is 2.43 bits per heavy atom. The quantitative estimate of drug-likeness (QED) is 0.236. The van der Waals surface area contributed by atoms with E-state index in [0.717, 1.165) is 6.07 Å². The van der Waals surface area contributed by atoms with Crippen molar-refractivity contribution in [2.45, 2.75) is 26.0 Å². The number of ketones is 1. The fraction of sp³-hybridized carbons (Fsp3) is 0.241. The predicted octanol–water partition coefficient (Wildman–Crippen LogP) is 5.47. The number of ether oxygens (including phenoxy) is 3. The Morgan fingerprint density at radius 2 is 1.73 bits per heavy atom. The molecular weight excluding hydrogens is 477 g/mol. The van der Waals surface area contributed by atoms with Crippen LogP contribution in [0.4, 0.5) is 4.39 Å². The lowest BCUT2D eigenvalue weighted by atomic mass is 9.94. The number of para-hydroxylation sites is 1. The van der Waals surface area contributed by atoms with Crippen LogP contribution in [0.2, 0.25) is 0 Å². The molecule has 7 nitrogen and oxygen atoms in total. The van der Waals surface area contributed by atoms with Crippen LogP contribution in [0, 0.1) is 5.82 Å². The number of benzene rings is 3. The van der Waals surface area contributed by atoms with Gasteiger partial charge in [-0.25, -0.2) is 4.39 Å². The normalized spacial score (nSPS) is 16.9. The van der Waals surface area contributed by atoms with Crippen molar-refractivity contribution < 1.29 is 33.3 Å². The van der Waals surface area contributed by atoms with Gasteiger partial charge in [-0.3, -0.25) is 9.59 Å². The standard InChI is InChI=1S/C29H28FNO6/c1-18(2)36-15-14-31-26(19-8-7-11-22(16-19)37-21-9-5-4-6-10-21)25(28(33)29(31)34)27(32)23-17-20(30)12-13-24(23)35-3/h4-13,16-18,26,32H,14-15H2,1-3H3/b27-25+. The van der Waals surface area contributed by atoms with Gasteiger partial charge in [-0.05, 0) is 61.9 Å². The van der Waals surface area contributed by atoms with Crippen molar-refractivity contribution in [2.24, 2.45) is 0 Å². The molecule has 1 heterocycles. The van der Waals surface area contributed by atoms with Gasteiger partial charge in [0.25, 0.3) is 11.7 Å². The second-order valence-electron chi connectivity index (χ2n) is 8.74. The number of nitrogens with zero attached hydrogens (tertiary/aromatic N) is 1. The molecule has 3 aromatic rings. The first-order valence-corrected chi connectivity index (χ1v) is 11.9. The van der Waals surface area contributed by atoms with Crippen LogP contribution in [0.1, 0.15) is 31.0 Å². The highest BCUT2D eigenvalue weighted by molar-refractivity contribution is 6.46. The van der Waals surface area contributed by atoms with Gasteiger partial charge in [0.15, 0.2) is 0 Å². The van der Waals surface area contributed by atoms with E-state index in [0.29, 0.717) is 17.1 Å². The highest BCUT2D eigenvalue weighted by atomic mass is 19.1. The van der Waals surface area contributed by atoms with Crippen LogP contribution in [0.5, 0.6) is 17.2 Å². The number of carbonyl (C=O) groups is 2. The first-order valence-electron chi connectivity index (χ1n) is 11.9. The third-order valence-corrected chi connectivity index (χ3v) is 5.89. The average molecular weight is 506 g/mol. The minimum atomic E-state index is -0.956. The monoisotopic (exact) mass is 505 g/mol. The SMILES string of the molecule is COc1ccc(F)cc1/C(O)=C1\C(=O)C(=O)N(CCOC(C)C)C1c1cccc(Oc2ccccc2)c1. The summed E-state index contributed by atoms with van der Waals surface area (Å²) in [7, 11) is 1.37. The fourth-order valence-electron chi connectivity index (χ4n) is 4.23. The molecule has 37 heavy (non-hydrogen) atoms. The Bertz CT molecular complexity index is 1320. The maximum absolute atomic E-state index is 14.1. The number of hydrogen-bond acceptors (Lipinski definition) is 6. The van der Waals surface area contributed by atoms with Crippen LogP contribution in [0.15, 0.2) is 78.4 Å². The number of aliphatic hydroxyl groups excluding tert-OH is 1. The molecule has 1 saturated heterocycles. The van der Waals surface area contributed by atoms with Crippen molar-refractivity contribution in [3.05, 3.63) is 95.3 Å². The summed E-state index contributed by atoms with van der Waals surface area (Å²) in [5, 5.41) is 11.3. The molecule has 1 unspecified atom stereocenters. The summed E-state index contributed by atoms with van der Waals surface area (Å²) in [6.07, 6.45) is -0.0746. The minimum Gasteiger partial charge on any atom is -0.507 e. The van der Waals surface area contributed by atoms with Crippen LogP contribution in [0.25, 0.3) is 5.76 Å². The lowest BCUT2D eigenvalue weighted by Gasteiger charge is -2.26. The molecule has 0 bridgehead atoms. The molecule has 192 valence electrons. The van der Waals surface area contributed by atoms with E-state index in [1.165, 1.54) is 24.1 Å². The molecule has 0 spiro atoms. The van der Waals surface area contributed by atoms with E-state index >= 15 is 0 Å². The summed E-state index contributed by atoms with van der Waals surface area (Å²) in [4.78, 5) is 27.8. The van der Waals surface area contributed by atoms with Gasteiger partial charge in [0.05, 0.1) is 37.0 Å². The third kappa shape index (κ3) is 5.65. The molecular formula is C29H28FNO6.